The molecule has 1 aliphatic heterocycles. The number of aryl methyl sites for hydroxylation is 1. The molecule has 4 nitrogen and oxygen atoms in total. The number of hydrogen-bond donors (Lipinski definition) is 1. The van der Waals surface area contributed by atoms with E-state index in [9.17, 15) is 9.90 Å². The molecular weight excluding hydrogens is 434 g/mol. The van der Waals surface area contributed by atoms with Crippen molar-refractivity contribution in [3.8, 4) is 11.5 Å². The molecule has 1 fully saturated rings. The molecule has 1 amide bonds. The highest BCUT2D eigenvalue weighted by Crippen LogP contribution is 2.40. The molecule has 3 rings (SSSR count). The van der Waals surface area contributed by atoms with Gasteiger partial charge in [-0.2, -0.15) is 0 Å². The Morgan fingerprint density at radius 1 is 1.35 bits per heavy atom. The third-order valence-corrected chi connectivity index (χ3v) is 5.71. The molecule has 0 aromatic heterocycles. The molecule has 1 heterocycles. The van der Waals surface area contributed by atoms with Gasteiger partial charge in [0, 0.05) is 0 Å². The summed E-state index contributed by atoms with van der Waals surface area (Å²) in [5, 5.41) is 10.0. The fourth-order valence-corrected chi connectivity index (χ4v) is 4.33. The maximum absolute atomic E-state index is 12.9. The molecule has 134 valence electrons. The van der Waals surface area contributed by atoms with E-state index in [4.69, 9.17) is 17.0 Å². The van der Waals surface area contributed by atoms with Crippen LogP contribution in [0.1, 0.15) is 18.1 Å². The van der Waals surface area contributed by atoms with Crippen molar-refractivity contribution in [1.29, 1.82) is 0 Å². The average molecular weight is 450 g/mol. The minimum absolute atomic E-state index is 0.0384. The second-order valence-electron chi connectivity index (χ2n) is 5.59. The van der Waals surface area contributed by atoms with Crippen molar-refractivity contribution in [1.82, 2.24) is 0 Å². The third kappa shape index (κ3) is 3.65. The summed E-state index contributed by atoms with van der Waals surface area (Å²) >= 11 is 9.99. The number of amides is 1. The van der Waals surface area contributed by atoms with Gasteiger partial charge in [-0.05, 0) is 65.2 Å². The van der Waals surface area contributed by atoms with Gasteiger partial charge in [-0.1, -0.05) is 42.2 Å². The summed E-state index contributed by atoms with van der Waals surface area (Å²) in [4.78, 5) is 15.0. The number of nitrogens with zero attached hydrogens (tertiary/aromatic N) is 1. The number of halogens is 1. The van der Waals surface area contributed by atoms with Gasteiger partial charge >= 0.3 is 0 Å². The van der Waals surface area contributed by atoms with Gasteiger partial charge in [-0.25, -0.2) is 0 Å². The number of carbonyl (C=O) groups excluding carboxylic acids is 1. The highest BCUT2D eigenvalue weighted by Gasteiger charge is 2.34. The number of hydrogen-bond acceptors (Lipinski definition) is 5. The summed E-state index contributed by atoms with van der Waals surface area (Å²) in [5.74, 6) is 0.246. The fourth-order valence-electron chi connectivity index (χ4n) is 2.58. The molecule has 7 heteroatoms. The number of anilines is 1. The zero-order valence-corrected chi connectivity index (χ0v) is 17.4. The van der Waals surface area contributed by atoms with E-state index < -0.39 is 0 Å². The molecule has 0 radical (unpaired) electrons. The summed E-state index contributed by atoms with van der Waals surface area (Å²) in [7, 11) is 0. The summed E-state index contributed by atoms with van der Waals surface area (Å²) in [6, 6.07) is 11.1. The number of rotatable bonds is 4. The number of phenolic OH excluding ortho intramolecular Hbond substituents is 1. The van der Waals surface area contributed by atoms with Crippen LogP contribution in [0.2, 0.25) is 0 Å². The Balaban J connectivity index is 1.97. The average Bonchev–Trinajstić information content (AvgIpc) is 2.87. The van der Waals surface area contributed by atoms with Crippen molar-refractivity contribution in [2.24, 2.45) is 0 Å². The van der Waals surface area contributed by atoms with Crippen LogP contribution in [0, 0.1) is 6.92 Å². The molecule has 0 unspecified atom stereocenters. The quantitative estimate of drug-likeness (QED) is 0.508. The molecule has 0 bridgehead atoms. The van der Waals surface area contributed by atoms with Crippen LogP contribution in [0.25, 0.3) is 6.08 Å². The first kappa shape index (κ1) is 18.9. The van der Waals surface area contributed by atoms with Gasteiger partial charge in [0.15, 0.2) is 15.8 Å². The van der Waals surface area contributed by atoms with Gasteiger partial charge in [-0.15, -0.1) is 0 Å². The maximum Gasteiger partial charge on any atom is 0.270 e. The summed E-state index contributed by atoms with van der Waals surface area (Å²) < 4.78 is 6.44. The molecule has 0 atom stereocenters. The number of ether oxygens (including phenoxy) is 1. The van der Waals surface area contributed by atoms with Gasteiger partial charge in [0.25, 0.3) is 5.91 Å². The van der Waals surface area contributed by atoms with E-state index in [-0.39, 0.29) is 11.7 Å². The lowest BCUT2D eigenvalue weighted by molar-refractivity contribution is -0.113. The van der Waals surface area contributed by atoms with Gasteiger partial charge < -0.3 is 9.84 Å². The normalized spacial score (nSPS) is 15.8. The van der Waals surface area contributed by atoms with E-state index in [1.54, 1.807) is 23.1 Å². The lowest BCUT2D eigenvalue weighted by Crippen LogP contribution is -2.28. The van der Waals surface area contributed by atoms with Crippen LogP contribution >= 0.6 is 39.9 Å². The molecule has 26 heavy (non-hydrogen) atoms. The van der Waals surface area contributed by atoms with Crippen molar-refractivity contribution >= 4 is 61.9 Å². The summed E-state index contributed by atoms with van der Waals surface area (Å²) in [6.45, 7) is 4.22. The molecule has 0 saturated carbocycles. The molecule has 1 aliphatic rings. The third-order valence-electron chi connectivity index (χ3n) is 3.80. The zero-order chi connectivity index (χ0) is 18.8. The van der Waals surface area contributed by atoms with Gasteiger partial charge in [0.2, 0.25) is 0 Å². The number of thiocarbonyl (C=S) groups is 1. The Labute approximate surface area is 170 Å². The molecular formula is C19H16BrNO3S2. The van der Waals surface area contributed by atoms with E-state index in [2.05, 4.69) is 15.9 Å². The Morgan fingerprint density at radius 3 is 2.77 bits per heavy atom. The Kier molecular flexibility index (Phi) is 5.70. The fraction of sp³-hybridized carbons (Fsp3) is 0.158. The predicted molar refractivity (Wildman–Crippen MR) is 114 cm³/mol. The van der Waals surface area contributed by atoms with Crippen LogP contribution in [0.4, 0.5) is 5.69 Å². The molecule has 0 spiro atoms. The highest BCUT2D eigenvalue weighted by molar-refractivity contribution is 9.10. The van der Waals surface area contributed by atoms with E-state index >= 15 is 0 Å². The number of phenols is 1. The second-order valence-corrected chi connectivity index (χ2v) is 8.12. The number of carbonyl (C=O) groups is 1. The smallest absolute Gasteiger partial charge is 0.270 e. The van der Waals surface area contributed by atoms with E-state index in [0.717, 1.165) is 16.8 Å². The molecule has 1 saturated heterocycles. The SMILES string of the molecule is CCOc1cc(/C=C2/SC(=S)N(c3ccccc3C)C2=O)cc(Br)c1O. The number of para-hydroxylation sites is 1. The van der Waals surface area contributed by atoms with Crippen LogP contribution in [-0.4, -0.2) is 21.9 Å². The first-order valence-corrected chi connectivity index (χ1v) is 9.93. The van der Waals surface area contributed by atoms with Crippen molar-refractivity contribution in [2.45, 2.75) is 13.8 Å². The van der Waals surface area contributed by atoms with E-state index in [1.165, 1.54) is 11.8 Å². The van der Waals surface area contributed by atoms with Gasteiger partial charge in [-0.3, -0.25) is 9.69 Å². The Bertz CT molecular complexity index is 927. The largest absolute Gasteiger partial charge is 0.503 e. The van der Waals surface area contributed by atoms with Crippen LogP contribution in [0.15, 0.2) is 45.8 Å². The topological polar surface area (TPSA) is 49.8 Å². The number of thioether (sulfide) groups is 1. The zero-order valence-electron chi connectivity index (χ0n) is 14.2. The van der Waals surface area contributed by atoms with Crippen molar-refractivity contribution in [2.75, 3.05) is 11.5 Å². The predicted octanol–water partition coefficient (Wildman–Crippen LogP) is 5.27. The van der Waals surface area contributed by atoms with Crippen molar-refractivity contribution in [3.05, 3.63) is 56.9 Å². The van der Waals surface area contributed by atoms with Crippen LogP contribution in [-0.2, 0) is 4.79 Å². The van der Waals surface area contributed by atoms with E-state index in [0.29, 0.717) is 26.1 Å². The molecule has 1 N–H and O–H groups in total. The van der Waals surface area contributed by atoms with Crippen LogP contribution in [0.5, 0.6) is 11.5 Å². The van der Waals surface area contributed by atoms with Crippen molar-refractivity contribution < 1.29 is 14.6 Å². The maximum atomic E-state index is 12.9. The minimum atomic E-state index is -0.156. The minimum Gasteiger partial charge on any atom is -0.503 e. The number of aromatic hydroxyl groups is 1. The molecule has 2 aromatic rings. The van der Waals surface area contributed by atoms with Crippen LogP contribution in [0.3, 0.4) is 0 Å². The first-order valence-electron chi connectivity index (χ1n) is 7.91. The monoisotopic (exact) mass is 449 g/mol. The first-order chi connectivity index (χ1) is 12.4. The molecule has 0 aliphatic carbocycles. The summed E-state index contributed by atoms with van der Waals surface area (Å²) in [6.07, 6.45) is 1.75. The Hall–Kier alpha value is -1.83. The molecule has 2 aromatic carbocycles. The lowest BCUT2D eigenvalue weighted by Gasteiger charge is -2.16. The van der Waals surface area contributed by atoms with Crippen molar-refractivity contribution in [3.63, 3.8) is 0 Å². The van der Waals surface area contributed by atoms with Crippen LogP contribution < -0.4 is 9.64 Å². The van der Waals surface area contributed by atoms with Gasteiger partial charge in [0.1, 0.15) is 0 Å². The highest BCUT2D eigenvalue weighted by atomic mass is 79.9. The van der Waals surface area contributed by atoms with E-state index in [1.807, 2.05) is 38.1 Å². The Morgan fingerprint density at radius 2 is 2.08 bits per heavy atom. The summed E-state index contributed by atoms with van der Waals surface area (Å²) in [5.41, 5.74) is 2.51. The standard InChI is InChI=1S/C19H16BrNO3S2/c1-3-24-15-9-12(8-13(20)17(15)22)10-16-18(23)21(19(25)26-16)14-7-5-4-6-11(14)2/h4-10,22H,3H2,1-2H3/b16-10+. The number of benzene rings is 2. The second kappa shape index (κ2) is 7.82. The van der Waals surface area contributed by atoms with Gasteiger partial charge in [0.05, 0.1) is 21.7 Å². The lowest BCUT2D eigenvalue weighted by atomic mass is 10.1.